The average molecular weight is 300 g/mol. The maximum atomic E-state index is 11.7. The van der Waals surface area contributed by atoms with E-state index in [9.17, 15) is 9.59 Å². The van der Waals surface area contributed by atoms with Crippen LogP contribution in [-0.2, 0) is 16.1 Å². The predicted octanol–water partition coefficient (Wildman–Crippen LogP) is 2.40. The largest absolute Gasteiger partial charge is 0.351 e. The summed E-state index contributed by atoms with van der Waals surface area (Å²) in [6.07, 6.45) is 7.83. The summed E-state index contributed by atoms with van der Waals surface area (Å²) in [6.45, 7) is 0.548. The molecule has 4 heteroatoms. The molecular formula is C17H18NO2S. The SMILES string of the molecule is O=C(CSCCC(=O)[C]1[CH][CH][CH][CH]1)NCc1ccccc1. The van der Waals surface area contributed by atoms with Crippen LogP contribution in [0.3, 0.4) is 0 Å². The van der Waals surface area contributed by atoms with Crippen LogP contribution in [0.5, 0.6) is 0 Å². The Morgan fingerprint density at radius 2 is 1.76 bits per heavy atom. The van der Waals surface area contributed by atoms with Crippen LogP contribution in [0.15, 0.2) is 30.3 Å². The number of ketones is 1. The van der Waals surface area contributed by atoms with Crippen LogP contribution in [0.2, 0.25) is 0 Å². The van der Waals surface area contributed by atoms with Crippen molar-refractivity contribution in [2.75, 3.05) is 11.5 Å². The van der Waals surface area contributed by atoms with Crippen molar-refractivity contribution in [3.8, 4) is 0 Å². The summed E-state index contributed by atoms with van der Waals surface area (Å²) >= 11 is 1.49. The third-order valence-corrected chi connectivity index (χ3v) is 3.98. The van der Waals surface area contributed by atoms with Gasteiger partial charge in [-0.25, -0.2) is 0 Å². The Morgan fingerprint density at radius 1 is 1.05 bits per heavy atom. The molecule has 1 aliphatic carbocycles. The van der Waals surface area contributed by atoms with Gasteiger partial charge in [-0.2, -0.15) is 11.8 Å². The molecule has 1 fully saturated rings. The van der Waals surface area contributed by atoms with Gasteiger partial charge in [-0.3, -0.25) is 9.59 Å². The summed E-state index contributed by atoms with van der Waals surface area (Å²) in [5.41, 5.74) is 1.09. The monoisotopic (exact) mass is 300 g/mol. The smallest absolute Gasteiger partial charge is 0.230 e. The second kappa shape index (κ2) is 8.88. The van der Waals surface area contributed by atoms with Gasteiger partial charge in [0, 0.05) is 24.6 Å². The van der Waals surface area contributed by atoms with E-state index in [-0.39, 0.29) is 11.7 Å². The molecule has 0 atom stereocenters. The molecule has 0 aliphatic heterocycles. The lowest BCUT2D eigenvalue weighted by molar-refractivity contribution is -0.119. The molecule has 0 saturated heterocycles. The van der Waals surface area contributed by atoms with Crippen LogP contribution < -0.4 is 5.32 Å². The first-order valence-corrected chi connectivity index (χ1v) is 8.04. The summed E-state index contributed by atoms with van der Waals surface area (Å²) in [7, 11) is 0. The second-order valence-corrected chi connectivity index (χ2v) is 5.77. The van der Waals surface area contributed by atoms with Crippen molar-refractivity contribution in [2.45, 2.75) is 13.0 Å². The van der Waals surface area contributed by atoms with Crippen molar-refractivity contribution in [3.63, 3.8) is 0 Å². The molecule has 109 valence electrons. The zero-order valence-corrected chi connectivity index (χ0v) is 12.6. The van der Waals surface area contributed by atoms with Gasteiger partial charge in [0.05, 0.1) is 5.75 Å². The van der Waals surface area contributed by atoms with E-state index < -0.39 is 0 Å². The minimum absolute atomic E-state index is 0.00427. The van der Waals surface area contributed by atoms with E-state index in [0.29, 0.717) is 24.5 Å². The molecule has 1 aliphatic rings. The van der Waals surface area contributed by atoms with Crippen molar-refractivity contribution in [2.24, 2.45) is 0 Å². The van der Waals surface area contributed by atoms with Gasteiger partial charge in [-0.05, 0) is 31.2 Å². The number of amides is 1. The highest BCUT2D eigenvalue weighted by Crippen LogP contribution is 2.25. The minimum Gasteiger partial charge on any atom is -0.351 e. The molecule has 0 heterocycles. The quantitative estimate of drug-likeness (QED) is 0.750. The van der Waals surface area contributed by atoms with E-state index in [2.05, 4.69) is 5.32 Å². The molecule has 0 aromatic heterocycles. The first-order chi connectivity index (χ1) is 10.3. The number of nitrogens with one attached hydrogen (secondary N) is 1. The van der Waals surface area contributed by atoms with Crippen LogP contribution in [0.25, 0.3) is 0 Å². The Balaban J connectivity index is 1.54. The van der Waals surface area contributed by atoms with E-state index in [0.717, 1.165) is 11.5 Å². The van der Waals surface area contributed by atoms with E-state index >= 15 is 0 Å². The fourth-order valence-electron chi connectivity index (χ4n) is 1.88. The molecule has 2 rings (SSSR count). The lowest BCUT2D eigenvalue weighted by Crippen LogP contribution is -2.24. The van der Waals surface area contributed by atoms with Gasteiger partial charge in [-0.15, -0.1) is 0 Å². The van der Waals surface area contributed by atoms with Crippen LogP contribution in [-0.4, -0.2) is 23.2 Å². The highest BCUT2D eigenvalue weighted by Gasteiger charge is 2.23. The zero-order valence-electron chi connectivity index (χ0n) is 11.7. The van der Waals surface area contributed by atoms with Gasteiger partial charge < -0.3 is 5.32 Å². The number of thioether (sulfide) groups is 1. The van der Waals surface area contributed by atoms with Crippen LogP contribution in [0.4, 0.5) is 0 Å². The maximum Gasteiger partial charge on any atom is 0.230 e. The predicted molar refractivity (Wildman–Crippen MR) is 85.7 cm³/mol. The lowest BCUT2D eigenvalue weighted by Gasteiger charge is -2.07. The topological polar surface area (TPSA) is 46.2 Å². The molecule has 1 aromatic carbocycles. The van der Waals surface area contributed by atoms with Gasteiger partial charge in [0.1, 0.15) is 5.78 Å². The van der Waals surface area contributed by atoms with Crippen molar-refractivity contribution >= 4 is 23.5 Å². The minimum atomic E-state index is 0.00427. The fourth-order valence-corrected chi connectivity index (χ4v) is 2.64. The van der Waals surface area contributed by atoms with Gasteiger partial charge in [-0.1, -0.05) is 30.3 Å². The highest BCUT2D eigenvalue weighted by atomic mass is 32.2. The van der Waals surface area contributed by atoms with Crippen molar-refractivity contribution in [1.82, 2.24) is 5.32 Å². The fraction of sp³-hybridized carbons (Fsp3) is 0.235. The molecule has 1 amide bonds. The molecule has 21 heavy (non-hydrogen) atoms. The third-order valence-electron chi connectivity index (χ3n) is 3.02. The summed E-state index contributed by atoms with van der Waals surface area (Å²) < 4.78 is 0. The van der Waals surface area contributed by atoms with E-state index in [4.69, 9.17) is 0 Å². The number of hydrogen-bond acceptors (Lipinski definition) is 3. The highest BCUT2D eigenvalue weighted by molar-refractivity contribution is 7.99. The normalized spacial score (nSPS) is 15.0. The van der Waals surface area contributed by atoms with Gasteiger partial charge >= 0.3 is 0 Å². The lowest BCUT2D eigenvalue weighted by atomic mass is 10.0. The van der Waals surface area contributed by atoms with Gasteiger partial charge in [0.2, 0.25) is 5.91 Å². The average Bonchev–Trinajstić information content (AvgIpc) is 3.05. The molecule has 0 unspecified atom stereocenters. The van der Waals surface area contributed by atoms with Crippen molar-refractivity contribution in [3.05, 3.63) is 67.5 Å². The Kier molecular flexibility index (Phi) is 6.80. The Bertz CT molecular complexity index is 455. The van der Waals surface area contributed by atoms with Crippen LogP contribution >= 0.6 is 11.8 Å². The molecule has 0 bridgehead atoms. The van der Waals surface area contributed by atoms with E-state index in [1.807, 2.05) is 56.0 Å². The number of benzene rings is 1. The first kappa shape index (κ1) is 16.1. The number of rotatable bonds is 8. The number of carbonyl (C=O) groups excluding carboxylic acids is 2. The molecule has 1 aromatic rings. The number of hydrogen-bond donors (Lipinski definition) is 1. The maximum absolute atomic E-state index is 11.7. The van der Waals surface area contributed by atoms with Crippen molar-refractivity contribution < 1.29 is 9.59 Å². The molecule has 1 N–H and O–H groups in total. The Morgan fingerprint density at radius 3 is 2.48 bits per heavy atom. The number of Topliss-reactive ketones (excluding diaryl/α,β-unsaturated/α-hetero) is 1. The Labute approximate surface area is 130 Å². The second-order valence-electron chi connectivity index (χ2n) is 4.66. The molecular weight excluding hydrogens is 282 g/mol. The van der Waals surface area contributed by atoms with Crippen LogP contribution in [0.1, 0.15) is 12.0 Å². The zero-order chi connectivity index (χ0) is 14.9. The third kappa shape index (κ3) is 5.92. The van der Waals surface area contributed by atoms with Crippen molar-refractivity contribution in [1.29, 1.82) is 0 Å². The molecule has 5 radical (unpaired) electrons. The van der Waals surface area contributed by atoms with E-state index in [1.54, 1.807) is 0 Å². The summed E-state index contributed by atoms with van der Waals surface area (Å²) in [4.78, 5) is 23.4. The Hall–Kier alpha value is -1.29. The molecule has 0 spiro atoms. The summed E-state index contributed by atoms with van der Waals surface area (Å²) in [5, 5.41) is 2.87. The summed E-state index contributed by atoms with van der Waals surface area (Å²) in [6, 6.07) is 9.81. The molecule has 1 saturated carbocycles. The van der Waals surface area contributed by atoms with E-state index in [1.165, 1.54) is 11.8 Å². The van der Waals surface area contributed by atoms with Crippen LogP contribution in [0, 0.1) is 31.6 Å². The van der Waals surface area contributed by atoms with Gasteiger partial charge in [0.25, 0.3) is 0 Å². The van der Waals surface area contributed by atoms with Gasteiger partial charge in [0.15, 0.2) is 0 Å². The molecule has 3 nitrogen and oxygen atoms in total. The number of carbonyl (C=O) groups is 2. The standard InChI is InChI=1S/C17H18NO2S/c19-16(15-8-4-5-9-15)10-11-21-13-17(20)18-12-14-6-2-1-3-7-14/h1-9H,10-13H2,(H,18,20). The summed E-state index contributed by atoms with van der Waals surface area (Å²) in [5.74, 6) is 1.95. The first-order valence-electron chi connectivity index (χ1n) is 6.89.